The Bertz CT molecular complexity index is 1730. The summed E-state index contributed by atoms with van der Waals surface area (Å²) in [6.07, 6.45) is 7.78. The molecular formula is C30H21NO. The molecule has 0 aliphatic heterocycles. The number of allylic oxidation sites excluding steroid dienone is 2. The number of pyridine rings is 1. The number of benzene rings is 3. The molecular weight excluding hydrogens is 390 g/mol. The first kappa shape index (κ1) is 17.0. The average molecular weight is 412 g/mol. The van der Waals surface area contributed by atoms with Gasteiger partial charge in [0, 0.05) is 33.9 Å². The van der Waals surface area contributed by atoms with Crippen LogP contribution in [0.1, 0.15) is 54.1 Å². The Labute approximate surface area is 185 Å². The topological polar surface area (TPSA) is 26.0 Å². The van der Waals surface area contributed by atoms with Crippen molar-refractivity contribution in [1.29, 1.82) is 0 Å². The van der Waals surface area contributed by atoms with Crippen molar-refractivity contribution in [3.8, 4) is 0 Å². The average Bonchev–Trinajstić information content (AvgIpc) is 3.30. The van der Waals surface area contributed by atoms with Gasteiger partial charge in [-0.05, 0) is 63.2 Å². The molecule has 5 aromatic rings. The van der Waals surface area contributed by atoms with Crippen molar-refractivity contribution < 1.29 is 4.42 Å². The van der Waals surface area contributed by atoms with Crippen LogP contribution in [0.15, 0.2) is 76.9 Å². The Kier molecular flexibility index (Phi) is 2.86. The van der Waals surface area contributed by atoms with E-state index in [2.05, 4.69) is 74.5 Å². The maximum absolute atomic E-state index is 6.25. The van der Waals surface area contributed by atoms with E-state index in [4.69, 9.17) is 9.40 Å². The zero-order chi connectivity index (χ0) is 21.2. The van der Waals surface area contributed by atoms with Crippen molar-refractivity contribution in [3.05, 3.63) is 100 Å². The number of fused-ring (bicyclic) bond motifs is 7. The minimum atomic E-state index is 0.0183. The molecule has 0 bridgehead atoms. The predicted octanol–water partition coefficient (Wildman–Crippen LogP) is 7.74. The summed E-state index contributed by atoms with van der Waals surface area (Å²) in [5, 5.41) is 5.09. The normalized spacial score (nSPS) is 19.8. The van der Waals surface area contributed by atoms with Gasteiger partial charge in [0.2, 0.25) is 0 Å². The van der Waals surface area contributed by atoms with E-state index in [1.165, 1.54) is 60.6 Å². The molecule has 0 N–H and O–H groups in total. The summed E-state index contributed by atoms with van der Waals surface area (Å²) in [6, 6.07) is 19.6. The molecule has 0 radical (unpaired) electrons. The first-order chi connectivity index (χ1) is 15.6. The maximum Gasteiger partial charge on any atom is 0.136 e. The Morgan fingerprint density at radius 1 is 0.969 bits per heavy atom. The van der Waals surface area contributed by atoms with E-state index in [9.17, 15) is 0 Å². The summed E-state index contributed by atoms with van der Waals surface area (Å²) < 4.78 is 6.25. The third-order valence-electron chi connectivity index (χ3n) is 8.06. The van der Waals surface area contributed by atoms with Crippen molar-refractivity contribution in [1.82, 2.24) is 4.98 Å². The van der Waals surface area contributed by atoms with Gasteiger partial charge < -0.3 is 4.42 Å². The van der Waals surface area contributed by atoms with Gasteiger partial charge in [-0.15, -0.1) is 0 Å². The highest BCUT2D eigenvalue weighted by Gasteiger charge is 2.44. The molecule has 152 valence electrons. The molecule has 0 saturated carbocycles. The zero-order valence-electron chi connectivity index (χ0n) is 18.1. The molecule has 3 aromatic carbocycles. The third-order valence-corrected chi connectivity index (χ3v) is 8.06. The Morgan fingerprint density at radius 2 is 1.88 bits per heavy atom. The summed E-state index contributed by atoms with van der Waals surface area (Å²) in [4.78, 5) is 4.88. The van der Waals surface area contributed by atoms with Gasteiger partial charge in [0.05, 0.1) is 5.69 Å². The van der Waals surface area contributed by atoms with E-state index in [0.717, 1.165) is 17.6 Å². The lowest BCUT2D eigenvalue weighted by Crippen LogP contribution is -2.21. The Hall–Kier alpha value is -3.65. The third kappa shape index (κ3) is 1.82. The number of para-hydroxylation sites is 1. The predicted molar refractivity (Wildman–Crippen MR) is 131 cm³/mol. The van der Waals surface area contributed by atoms with Crippen LogP contribution < -0.4 is 0 Å². The van der Waals surface area contributed by atoms with Crippen LogP contribution in [0.3, 0.4) is 0 Å². The van der Waals surface area contributed by atoms with Gasteiger partial charge >= 0.3 is 0 Å². The summed E-state index contributed by atoms with van der Waals surface area (Å²) in [7, 11) is 0. The molecule has 2 heteroatoms. The minimum absolute atomic E-state index is 0.0183. The molecule has 3 aliphatic rings. The fourth-order valence-corrected chi connectivity index (χ4v) is 6.61. The summed E-state index contributed by atoms with van der Waals surface area (Å²) in [6.45, 7) is 4.72. The lowest BCUT2D eigenvalue weighted by molar-refractivity contribution is 0.589. The Balaban J connectivity index is 1.54. The van der Waals surface area contributed by atoms with Crippen LogP contribution in [0.2, 0.25) is 0 Å². The fourth-order valence-electron chi connectivity index (χ4n) is 6.61. The molecule has 8 rings (SSSR count). The first-order valence-corrected chi connectivity index (χ1v) is 11.4. The molecule has 2 aromatic heterocycles. The van der Waals surface area contributed by atoms with Crippen LogP contribution >= 0.6 is 0 Å². The molecule has 3 aliphatic carbocycles. The molecule has 0 fully saturated rings. The highest BCUT2D eigenvalue weighted by atomic mass is 16.3. The van der Waals surface area contributed by atoms with E-state index in [1.54, 1.807) is 0 Å². The van der Waals surface area contributed by atoms with E-state index >= 15 is 0 Å². The van der Waals surface area contributed by atoms with Crippen molar-refractivity contribution in [3.63, 3.8) is 0 Å². The summed E-state index contributed by atoms with van der Waals surface area (Å²) in [5.41, 5.74) is 11.5. The van der Waals surface area contributed by atoms with E-state index in [0.29, 0.717) is 5.92 Å². The monoisotopic (exact) mass is 411 g/mol. The summed E-state index contributed by atoms with van der Waals surface area (Å²) >= 11 is 0. The van der Waals surface area contributed by atoms with E-state index in [-0.39, 0.29) is 5.41 Å². The van der Waals surface area contributed by atoms with Crippen LogP contribution in [0.25, 0.3) is 44.4 Å². The van der Waals surface area contributed by atoms with Gasteiger partial charge in [0.1, 0.15) is 11.2 Å². The van der Waals surface area contributed by atoms with E-state index in [1.807, 2.05) is 12.3 Å². The summed E-state index contributed by atoms with van der Waals surface area (Å²) in [5.74, 6) is 0.407. The van der Waals surface area contributed by atoms with Crippen LogP contribution in [-0.4, -0.2) is 4.98 Å². The number of nitrogens with zero attached hydrogens (tertiary/aromatic N) is 1. The second-order valence-electron chi connectivity index (χ2n) is 9.93. The lowest BCUT2D eigenvalue weighted by Gasteiger charge is -2.34. The molecule has 1 unspecified atom stereocenters. The van der Waals surface area contributed by atoms with Crippen molar-refractivity contribution in [2.45, 2.75) is 31.6 Å². The number of rotatable bonds is 0. The van der Waals surface area contributed by atoms with Gasteiger partial charge in [-0.2, -0.15) is 0 Å². The van der Waals surface area contributed by atoms with Crippen LogP contribution in [-0.2, 0) is 5.41 Å². The van der Waals surface area contributed by atoms with Crippen molar-refractivity contribution >= 4 is 44.4 Å². The van der Waals surface area contributed by atoms with Crippen molar-refractivity contribution in [2.75, 3.05) is 0 Å². The van der Waals surface area contributed by atoms with E-state index < -0.39 is 0 Å². The molecule has 2 nitrogen and oxygen atoms in total. The number of hydrogen-bond donors (Lipinski definition) is 0. The minimum Gasteiger partial charge on any atom is -0.456 e. The van der Waals surface area contributed by atoms with Gasteiger partial charge in [-0.3, -0.25) is 4.98 Å². The number of furan rings is 1. The largest absolute Gasteiger partial charge is 0.456 e. The molecule has 0 amide bonds. The maximum atomic E-state index is 6.25. The molecule has 32 heavy (non-hydrogen) atoms. The van der Waals surface area contributed by atoms with Gasteiger partial charge in [-0.25, -0.2) is 0 Å². The van der Waals surface area contributed by atoms with Gasteiger partial charge in [0.15, 0.2) is 0 Å². The van der Waals surface area contributed by atoms with Crippen LogP contribution in [0.4, 0.5) is 0 Å². The van der Waals surface area contributed by atoms with Crippen LogP contribution in [0.5, 0.6) is 0 Å². The Morgan fingerprint density at radius 3 is 2.81 bits per heavy atom. The highest BCUT2D eigenvalue weighted by Crippen LogP contribution is 2.57. The smallest absolute Gasteiger partial charge is 0.136 e. The number of aromatic nitrogens is 1. The highest BCUT2D eigenvalue weighted by molar-refractivity contribution is 6.18. The number of hydrogen-bond acceptors (Lipinski definition) is 2. The standard InChI is InChI=1S/C30H21NO/c1-30(2)21-7-5-13-31-29(21)28-20-12-10-17-15-24-27(18-6-3-4-8-23(18)32-24)19-11-9-16(14-22(28)30)25(20)26(17)19/h3-13,15-16H,14H2,1-2H3. The lowest BCUT2D eigenvalue weighted by atomic mass is 9.69. The fraction of sp³-hybridized carbons (Fsp3) is 0.167. The SMILES string of the molecule is CC1(C)C2=C(c3ccc4cc5oc6ccccc6c5c5c4c3C(C=C5)C2)c2ncccc21. The quantitative estimate of drug-likeness (QED) is 0.260. The zero-order valence-corrected chi connectivity index (χ0v) is 18.1. The second-order valence-corrected chi connectivity index (χ2v) is 9.93. The molecule has 0 spiro atoms. The first-order valence-electron chi connectivity index (χ1n) is 11.4. The molecule has 0 saturated heterocycles. The molecule has 1 atom stereocenters. The van der Waals surface area contributed by atoms with Crippen LogP contribution in [0, 0.1) is 0 Å². The van der Waals surface area contributed by atoms with Gasteiger partial charge in [0.25, 0.3) is 0 Å². The van der Waals surface area contributed by atoms with Crippen molar-refractivity contribution in [2.24, 2.45) is 0 Å². The second kappa shape index (κ2) is 5.39. The van der Waals surface area contributed by atoms with Gasteiger partial charge in [-0.1, -0.05) is 62.4 Å². The molecule has 2 heterocycles.